The first-order chi connectivity index (χ1) is 14.1. The van der Waals surface area contributed by atoms with Gasteiger partial charge >= 0.3 is 6.18 Å². The molecule has 10 heteroatoms. The van der Waals surface area contributed by atoms with E-state index in [9.17, 15) is 21.6 Å². The summed E-state index contributed by atoms with van der Waals surface area (Å²) < 4.78 is 69.2. The predicted octanol–water partition coefficient (Wildman–Crippen LogP) is 4.09. The van der Waals surface area contributed by atoms with Gasteiger partial charge in [-0.05, 0) is 62.1 Å². The van der Waals surface area contributed by atoms with Crippen molar-refractivity contribution in [3.8, 4) is 0 Å². The monoisotopic (exact) mass is 438 g/mol. The molecule has 1 fully saturated rings. The first-order valence-electron chi connectivity index (χ1n) is 9.56. The summed E-state index contributed by atoms with van der Waals surface area (Å²) in [6.07, 6.45) is -2.70. The lowest BCUT2D eigenvalue weighted by Gasteiger charge is -2.32. The standard InChI is InChI=1S/C20H21F3N4O2S/c1-13-5-6-16(12-14(13)2)30(28,29)26-10-7-15(8-11-26)27-18-17(4-3-9-24-18)25-19(27)20(21,22)23/h3-6,9,12,15H,7-8,10-11H2,1-2H3. The summed E-state index contributed by atoms with van der Waals surface area (Å²) >= 11 is 0. The Balaban J connectivity index is 1.62. The Kier molecular flexibility index (Phi) is 5.09. The summed E-state index contributed by atoms with van der Waals surface area (Å²) in [5.74, 6) is -0.994. The molecule has 1 saturated heterocycles. The van der Waals surface area contributed by atoms with Crippen LogP contribution in [-0.2, 0) is 16.2 Å². The highest BCUT2D eigenvalue weighted by atomic mass is 32.2. The smallest absolute Gasteiger partial charge is 0.302 e. The Morgan fingerprint density at radius 2 is 1.77 bits per heavy atom. The van der Waals surface area contributed by atoms with Gasteiger partial charge in [0.05, 0.1) is 4.90 Å². The number of benzene rings is 1. The van der Waals surface area contributed by atoms with Crippen LogP contribution in [0.15, 0.2) is 41.4 Å². The van der Waals surface area contributed by atoms with E-state index >= 15 is 0 Å². The number of rotatable bonds is 3. The van der Waals surface area contributed by atoms with Gasteiger partial charge in [0.15, 0.2) is 5.65 Å². The molecular formula is C20H21F3N4O2S. The van der Waals surface area contributed by atoms with Crippen LogP contribution in [0.3, 0.4) is 0 Å². The maximum absolute atomic E-state index is 13.6. The largest absolute Gasteiger partial charge is 0.449 e. The van der Waals surface area contributed by atoms with Crippen LogP contribution in [0.5, 0.6) is 0 Å². The molecule has 0 spiro atoms. The van der Waals surface area contributed by atoms with E-state index in [2.05, 4.69) is 9.97 Å². The van der Waals surface area contributed by atoms with Crippen LogP contribution in [0.2, 0.25) is 0 Å². The second-order valence-corrected chi connectivity index (χ2v) is 9.47. The number of fused-ring (bicyclic) bond motifs is 1. The van der Waals surface area contributed by atoms with E-state index in [0.29, 0.717) is 0 Å². The SMILES string of the molecule is Cc1ccc(S(=O)(=O)N2CCC(n3c(C(F)(F)F)nc4cccnc43)CC2)cc1C. The molecule has 3 aromatic rings. The molecule has 0 N–H and O–H groups in total. The van der Waals surface area contributed by atoms with Gasteiger partial charge in [-0.25, -0.2) is 18.4 Å². The lowest BCUT2D eigenvalue weighted by Crippen LogP contribution is -2.39. The first kappa shape index (κ1) is 20.8. The van der Waals surface area contributed by atoms with Gasteiger partial charge in [0.1, 0.15) is 5.52 Å². The number of aromatic nitrogens is 3. The quantitative estimate of drug-likeness (QED) is 0.618. The highest BCUT2D eigenvalue weighted by Gasteiger charge is 2.41. The topological polar surface area (TPSA) is 68.1 Å². The van der Waals surface area contributed by atoms with E-state index in [1.165, 1.54) is 16.6 Å². The Morgan fingerprint density at radius 3 is 2.40 bits per heavy atom. The van der Waals surface area contributed by atoms with E-state index < -0.39 is 28.1 Å². The number of aryl methyl sites for hydroxylation is 2. The number of halogens is 3. The number of imidazole rings is 1. The highest BCUT2D eigenvalue weighted by Crippen LogP contribution is 2.36. The van der Waals surface area contributed by atoms with Crippen LogP contribution in [0.25, 0.3) is 11.2 Å². The molecule has 1 aliphatic rings. The summed E-state index contributed by atoms with van der Waals surface area (Å²) in [4.78, 5) is 8.03. The Morgan fingerprint density at radius 1 is 1.07 bits per heavy atom. The molecule has 6 nitrogen and oxygen atoms in total. The minimum Gasteiger partial charge on any atom is -0.302 e. The summed E-state index contributed by atoms with van der Waals surface area (Å²) in [6.45, 7) is 4.00. The number of hydrogen-bond donors (Lipinski definition) is 0. The molecule has 4 rings (SSSR count). The van der Waals surface area contributed by atoms with Crippen molar-refractivity contribution in [3.05, 3.63) is 53.5 Å². The molecule has 0 bridgehead atoms. The zero-order valence-corrected chi connectivity index (χ0v) is 17.3. The molecule has 3 heterocycles. The highest BCUT2D eigenvalue weighted by molar-refractivity contribution is 7.89. The number of sulfonamides is 1. The summed E-state index contributed by atoms with van der Waals surface area (Å²) in [6, 6.07) is 7.46. The summed E-state index contributed by atoms with van der Waals surface area (Å²) in [7, 11) is -3.70. The average molecular weight is 438 g/mol. The Bertz CT molecular complexity index is 1200. The van der Waals surface area contributed by atoms with E-state index in [-0.39, 0.29) is 42.0 Å². The molecule has 2 aromatic heterocycles. The minimum absolute atomic E-state index is 0.129. The fourth-order valence-corrected chi connectivity index (χ4v) is 5.40. The van der Waals surface area contributed by atoms with Crippen molar-refractivity contribution in [2.45, 2.75) is 43.8 Å². The third-order valence-electron chi connectivity index (χ3n) is 5.61. The van der Waals surface area contributed by atoms with Crippen molar-refractivity contribution in [3.63, 3.8) is 0 Å². The Hall–Kier alpha value is -2.46. The van der Waals surface area contributed by atoms with Gasteiger partial charge < -0.3 is 4.57 Å². The zero-order chi connectivity index (χ0) is 21.7. The minimum atomic E-state index is -4.62. The van der Waals surface area contributed by atoms with Gasteiger partial charge in [-0.3, -0.25) is 0 Å². The lowest BCUT2D eigenvalue weighted by atomic mass is 10.1. The second-order valence-electron chi connectivity index (χ2n) is 7.53. The van der Waals surface area contributed by atoms with Crippen molar-refractivity contribution in [1.82, 2.24) is 18.8 Å². The van der Waals surface area contributed by atoms with E-state index in [0.717, 1.165) is 15.7 Å². The normalized spacial score (nSPS) is 17.0. The number of alkyl halides is 3. The van der Waals surface area contributed by atoms with Crippen LogP contribution in [-0.4, -0.2) is 40.3 Å². The van der Waals surface area contributed by atoms with Crippen LogP contribution in [0.1, 0.15) is 35.8 Å². The number of piperidine rings is 1. The molecule has 1 aliphatic heterocycles. The Labute approximate surface area is 172 Å². The maximum Gasteiger partial charge on any atom is 0.449 e. The van der Waals surface area contributed by atoms with Crippen LogP contribution >= 0.6 is 0 Å². The average Bonchev–Trinajstić information content (AvgIpc) is 3.10. The van der Waals surface area contributed by atoms with Crippen molar-refractivity contribution in [2.24, 2.45) is 0 Å². The zero-order valence-electron chi connectivity index (χ0n) is 16.5. The van der Waals surface area contributed by atoms with Crippen molar-refractivity contribution in [2.75, 3.05) is 13.1 Å². The van der Waals surface area contributed by atoms with Gasteiger partial charge in [-0.15, -0.1) is 0 Å². The van der Waals surface area contributed by atoms with E-state index in [4.69, 9.17) is 0 Å². The molecule has 30 heavy (non-hydrogen) atoms. The van der Waals surface area contributed by atoms with Crippen LogP contribution in [0, 0.1) is 13.8 Å². The van der Waals surface area contributed by atoms with Crippen LogP contribution in [0.4, 0.5) is 13.2 Å². The van der Waals surface area contributed by atoms with Gasteiger partial charge in [0.25, 0.3) is 0 Å². The molecule has 0 atom stereocenters. The third-order valence-corrected chi connectivity index (χ3v) is 7.50. The molecule has 0 aliphatic carbocycles. The molecule has 1 aromatic carbocycles. The first-order valence-corrected chi connectivity index (χ1v) is 11.0. The fourth-order valence-electron chi connectivity index (χ4n) is 3.84. The molecule has 0 radical (unpaired) electrons. The van der Waals surface area contributed by atoms with Gasteiger partial charge in [-0.1, -0.05) is 6.07 Å². The molecular weight excluding hydrogens is 417 g/mol. The fraction of sp³-hybridized carbons (Fsp3) is 0.400. The van der Waals surface area contributed by atoms with Crippen molar-refractivity contribution in [1.29, 1.82) is 0 Å². The van der Waals surface area contributed by atoms with Gasteiger partial charge in [0, 0.05) is 25.3 Å². The summed E-state index contributed by atoms with van der Waals surface area (Å²) in [5, 5.41) is 0. The lowest BCUT2D eigenvalue weighted by molar-refractivity contribution is -0.147. The molecule has 0 saturated carbocycles. The van der Waals surface area contributed by atoms with E-state index in [1.807, 2.05) is 13.8 Å². The molecule has 0 unspecified atom stereocenters. The van der Waals surface area contributed by atoms with Gasteiger partial charge in [-0.2, -0.15) is 17.5 Å². The van der Waals surface area contributed by atoms with Crippen molar-refractivity contribution < 1.29 is 21.6 Å². The van der Waals surface area contributed by atoms with E-state index in [1.54, 1.807) is 24.3 Å². The van der Waals surface area contributed by atoms with Gasteiger partial charge in [0.2, 0.25) is 15.8 Å². The molecule has 160 valence electrons. The number of pyridine rings is 1. The van der Waals surface area contributed by atoms with Crippen LogP contribution < -0.4 is 0 Å². The summed E-state index contributed by atoms with van der Waals surface area (Å²) in [5.41, 5.74) is 2.21. The van der Waals surface area contributed by atoms with Crippen molar-refractivity contribution >= 4 is 21.2 Å². The second kappa shape index (κ2) is 7.35. The third kappa shape index (κ3) is 3.58. The molecule has 0 amide bonds. The number of hydrogen-bond acceptors (Lipinski definition) is 4. The predicted molar refractivity (Wildman–Crippen MR) is 105 cm³/mol. The number of nitrogens with zero attached hydrogens (tertiary/aromatic N) is 4. The maximum atomic E-state index is 13.6.